The van der Waals surface area contributed by atoms with Gasteiger partial charge in [-0.15, -0.1) is 11.3 Å². The van der Waals surface area contributed by atoms with Gasteiger partial charge in [0.25, 0.3) is 10.0 Å². The summed E-state index contributed by atoms with van der Waals surface area (Å²) in [7, 11) is -3.61. The molecule has 0 aromatic carbocycles. The third kappa shape index (κ3) is 4.93. The molecule has 2 rings (SSSR count). The van der Waals surface area contributed by atoms with Crippen LogP contribution in [0.25, 0.3) is 0 Å². The van der Waals surface area contributed by atoms with Crippen LogP contribution in [0.15, 0.2) is 37.6 Å². The average Bonchev–Trinajstić information content (AvgIpc) is 3.06. The van der Waals surface area contributed by atoms with Crippen molar-refractivity contribution < 1.29 is 12.8 Å². The van der Waals surface area contributed by atoms with Gasteiger partial charge in [-0.1, -0.05) is 6.92 Å². The van der Waals surface area contributed by atoms with Crippen molar-refractivity contribution in [2.24, 2.45) is 0 Å². The summed E-state index contributed by atoms with van der Waals surface area (Å²) in [6.07, 6.45) is 1.02. The Morgan fingerprint density at radius 3 is 2.71 bits per heavy atom. The fraction of sp³-hybridized carbons (Fsp3) is 0.385. The fourth-order valence-corrected chi connectivity index (χ4v) is 4.14. The molecule has 2 N–H and O–H groups in total. The summed E-state index contributed by atoms with van der Waals surface area (Å²) in [5.74, 6) is 0.614. The number of rotatable bonds is 8. The summed E-state index contributed by atoms with van der Waals surface area (Å²) in [6.45, 7) is 3.72. The van der Waals surface area contributed by atoms with Gasteiger partial charge in [0.15, 0.2) is 0 Å². The van der Waals surface area contributed by atoms with Crippen molar-refractivity contribution in [3.8, 4) is 0 Å². The first-order valence-corrected chi connectivity index (χ1v) is 9.64. The zero-order valence-corrected chi connectivity index (χ0v) is 14.8. The lowest BCUT2D eigenvalue weighted by Crippen LogP contribution is -2.22. The van der Waals surface area contributed by atoms with E-state index in [-0.39, 0.29) is 11.6 Å². The molecule has 0 unspecified atom stereocenters. The van der Waals surface area contributed by atoms with Gasteiger partial charge in [-0.3, -0.25) is 0 Å². The highest BCUT2D eigenvalue weighted by Gasteiger charge is 2.18. The van der Waals surface area contributed by atoms with Crippen molar-refractivity contribution in [3.63, 3.8) is 0 Å². The molecule has 0 spiro atoms. The van der Waals surface area contributed by atoms with E-state index in [2.05, 4.69) is 32.9 Å². The van der Waals surface area contributed by atoms with Gasteiger partial charge in [0.1, 0.15) is 5.76 Å². The number of hydrogen-bond acceptors (Lipinski definition) is 5. The highest BCUT2D eigenvalue weighted by molar-refractivity contribution is 9.11. The summed E-state index contributed by atoms with van der Waals surface area (Å²) in [5.41, 5.74) is 0. The van der Waals surface area contributed by atoms with Gasteiger partial charge in [0.05, 0.1) is 10.3 Å². The Labute approximate surface area is 136 Å². The van der Waals surface area contributed by atoms with Crippen molar-refractivity contribution in [3.05, 3.63) is 38.7 Å². The standard InChI is InChI=1S/C13H17BrN2O3S2/c1-2-7-15-8-10-3-6-13(19-10)21(17,18)16-9-11-4-5-12(14)20-11/h3-6,15-16H,2,7-9H2,1H3. The molecular weight excluding hydrogens is 376 g/mol. The van der Waals surface area contributed by atoms with Crippen LogP contribution in [0.5, 0.6) is 0 Å². The molecule has 0 saturated carbocycles. The SMILES string of the molecule is CCCNCc1ccc(S(=O)(=O)NCc2ccc(Br)s2)o1. The number of halogens is 1. The zero-order valence-electron chi connectivity index (χ0n) is 11.6. The first kappa shape index (κ1) is 16.7. The summed E-state index contributed by atoms with van der Waals surface area (Å²) in [5, 5.41) is 3.11. The second-order valence-electron chi connectivity index (χ2n) is 4.43. The van der Waals surface area contributed by atoms with E-state index < -0.39 is 10.0 Å². The van der Waals surface area contributed by atoms with Crippen molar-refractivity contribution in [1.29, 1.82) is 0 Å². The molecule has 2 aromatic heterocycles. The molecule has 2 aromatic rings. The van der Waals surface area contributed by atoms with Gasteiger partial charge < -0.3 is 9.73 Å². The normalized spacial score (nSPS) is 11.9. The number of hydrogen-bond donors (Lipinski definition) is 2. The molecule has 8 heteroatoms. The van der Waals surface area contributed by atoms with E-state index in [9.17, 15) is 8.42 Å². The number of thiophene rings is 1. The van der Waals surface area contributed by atoms with E-state index in [4.69, 9.17) is 4.42 Å². The summed E-state index contributed by atoms with van der Waals surface area (Å²) < 4.78 is 33.1. The Morgan fingerprint density at radius 1 is 1.24 bits per heavy atom. The molecule has 116 valence electrons. The van der Waals surface area contributed by atoms with Crippen molar-refractivity contribution >= 4 is 37.3 Å². The maximum absolute atomic E-state index is 12.1. The molecule has 0 bridgehead atoms. The third-order valence-corrected chi connectivity index (χ3v) is 5.59. The Hall–Kier alpha value is -0.670. The zero-order chi connectivity index (χ0) is 15.3. The molecule has 0 atom stereocenters. The molecule has 0 fully saturated rings. The molecule has 2 heterocycles. The van der Waals surface area contributed by atoms with Crippen LogP contribution in [0, 0.1) is 0 Å². The van der Waals surface area contributed by atoms with E-state index in [0.717, 1.165) is 21.6 Å². The van der Waals surface area contributed by atoms with Crippen molar-refractivity contribution in [1.82, 2.24) is 10.0 Å². The third-order valence-electron chi connectivity index (χ3n) is 2.69. The minimum atomic E-state index is -3.61. The average molecular weight is 393 g/mol. The van der Waals surface area contributed by atoms with Gasteiger partial charge in [-0.25, -0.2) is 13.1 Å². The van der Waals surface area contributed by atoms with Crippen molar-refractivity contribution in [2.75, 3.05) is 6.54 Å². The fourth-order valence-electron chi connectivity index (χ4n) is 1.67. The molecule has 0 amide bonds. The Bertz CT molecular complexity index is 679. The van der Waals surface area contributed by atoms with E-state index in [1.54, 1.807) is 6.07 Å². The van der Waals surface area contributed by atoms with Gasteiger partial charge >= 0.3 is 0 Å². The number of furan rings is 1. The van der Waals surface area contributed by atoms with Crippen LogP contribution in [0.1, 0.15) is 24.0 Å². The lowest BCUT2D eigenvalue weighted by molar-refractivity contribution is 0.400. The van der Waals surface area contributed by atoms with Crippen LogP contribution in [0.3, 0.4) is 0 Å². The highest BCUT2D eigenvalue weighted by Crippen LogP contribution is 2.22. The maximum atomic E-state index is 12.1. The van der Waals surface area contributed by atoms with Gasteiger partial charge in [-0.05, 0) is 53.2 Å². The van der Waals surface area contributed by atoms with Crippen LogP contribution >= 0.6 is 27.3 Å². The predicted octanol–water partition coefficient (Wildman–Crippen LogP) is 3.08. The first-order chi connectivity index (χ1) is 10.0. The topological polar surface area (TPSA) is 71.3 Å². The molecule has 0 radical (unpaired) electrons. The summed E-state index contributed by atoms with van der Waals surface area (Å²) in [6, 6.07) is 6.92. The summed E-state index contributed by atoms with van der Waals surface area (Å²) >= 11 is 4.84. The van der Waals surface area contributed by atoms with Crippen molar-refractivity contribution in [2.45, 2.75) is 31.5 Å². The largest absolute Gasteiger partial charge is 0.447 e. The minimum absolute atomic E-state index is 0.0496. The highest BCUT2D eigenvalue weighted by atomic mass is 79.9. The van der Waals surface area contributed by atoms with Gasteiger partial charge in [-0.2, -0.15) is 0 Å². The quantitative estimate of drug-likeness (QED) is 0.677. The van der Waals surface area contributed by atoms with Crippen LogP contribution in [0.2, 0.25) is 0 Å². The van der Waals surface area contributed by atoms with Crippen LogP contribution in [-0.2, 0) is 23.1 Å². The minimum Gasteiger partial charge on any atom is -0.447 e. The molecule has 0 aliphatic heterocycles. The molecule has 0 saturated heterocycles. The molecule has 0 aliphatic carbocycles. The van der Waals surface area contributed by atoms with E-state index in [1.165, 1.54) is 17.4 Å². The number of nitrogens with one attached hydrogen (secondary N) is 2. The van der Waals surface area contributed by atoms with E-state index >= 15 is 0 Å². The lowest BCUT2D eigenvalue weighted by Gasteiger charge is -2.03. The smallest absolute Gasteiger partial charge is 0.274 e. The molecule has 5 nitrogen and oxygen atoms in total. The monoisotopic (exact) mass is 392 g/mol. The van der Waals surface area contributed by atoms with Crippen LogP contribution in [-0.4, -0.2) is 15.0 Å². The van der Waals surface area contributed by atoms with Gasteiger partial charge in [0.2, 0.25) is 5.09 Å². The van der Waals surface area contributed by atoms with E-state index in [0.29, 0.717) is 12.3 Å². The van der Waals surface area contributed by atoms with Gasteiger partial charge in [0, 0.05) is 11.4 Å². The van der Waals surface area contributed by atoms with Crippen LogP contribution in [0.4, 0.5) is 0 Å². The Morgan fingerprint density at radius 2 is 2.05 bits per heavy atom. The second kappa shape index (κ2) is 7.55. The Balaban J connectivity index is 1.95. The molecule has 0 aliphatic rings. The lowest BCUT2D eigenvalue weighted by atomic mass is 10.4. The first-order valence-electron chi connectivity index (χ1n) is 6.54. The maximum Gasteiger partial charge on any atom is 0.274 e. The summed E-state index contributed by atoms with van der Waals surface area (Å²) in [4.78, 5) is 0.932. The Kier molecular flexibility index (Phi) is 6.00. The molecule has 21 heavy (non-hydrogen) atoms. The second-order valence-corrected chi connectivity index (χ2v) is 8.67. The molecular formula is C13H17BrN2O3S2. The van der Waals surface area contributed by atoms with E-state index in [1.807, 2.05) is 12.1 Å². The predicted molar refractivity (Wildman–Crippen MR) is 86.8 cm³/mol. The number of sulfonamides is 1. The van der Waals surface area contributed by atoms with Crippen LogP contribution < -0.4 is 10.0 Å².